The van der Waals surface area contributed by atoms with Crippen molar-refractivity contribution in [3.8, 4) is 0 Å². The average Bonchev–Trinajstić information content (AvgIpc) is 3.06. The second-order valence-corrected chi connectivity index (χ2v) is 6.27. The number of methoxy groups -OCH3 is 1. The summed E-state index contributed by atoms with van der Waals surface area (Å²) in [5.41, 5.74) is 2.83. The lowest BCUT2D eigenvalue weighted by molar-refractivity contribution is 0.186. The molecule has 0 bridgehead atoms. The van der Waals surface area contributed by atoms with Gasteiger partial charge in [0.1, 0.15) is 5.76 Å². The van der Waals surface area contributed by atoms with Gasteiger partial charge < -0.3 is 13.8 Å². The Labute approximate surface area is 137 Å². The van der Waals surface area contributed by atoms with Crippen molar-refractivity contribution in [3.05, 3.63) is 40.7 Å². The lowest BCUT2D eigenvalue weighted by Crippen LogP contribution is -2.05. The van der Waals surface area contributed by atoms with E-state index in [0.717, 1.165) is 34.2 Å². The minimum absolute atomic E-state index is 0.628. The summed E-state index contributed by atoms with van der Waals surface area (Å²) in [4.78, 5) is 4.67. The number of rotatable bonds is 6. The summed E-state index contributed by atoms with van der Waals surface area (Å²) in [5.74, 6) is 1.52. The predicted octanol–water partition coefficient (Wildman–Crippen LogP) is 3.92. The highest BCUT2D eigenvalue weighted by atomic mass is 35.5. The fraction of sp³-hybridized carbons (Fsp3) is 0.333. The van der Waals surface area contributed by atoms with E-state index in [0.29, 0.717) is 17.4 Å². The van der Waals surface area contributed by atoms with Crippen molar-refractivity contribution >= 4 is 34.4 Å². The maximum atomic E-state index is 6.06. The molecule has 2 aromatic heterocycles. The summed E-state index contributed by atoms with van der Waals surface area (Å²) in [6, 6.07) is 7.68. The van der Waals surface area contributed by atoms with Gasteiger partial charge in [-0.2, -0.15) is 0 Å². The number of imidazole rings is 1. The van der Waals surface area contributed by atoms with Crippen LogP contribution in [0.4, 0.5) is 0 Å². The molecule has 0 saturated heterocycles. The number of hydrogen-bond donors (Lipinski definition) is 0. The Morgan fingerprint density at radius 3 is 2.95 bits per heavy atom. The third-order valence-corrected chi connectivity index (χ3v) is 4.45. The van der Waals surface area contributed by atoms with Gasteiger partial charge in [-0.1, -0.05) is 28.5 Å². The van der Waals surface area contributed by atoms with Gasteiger partial charge in [0.05, 0.1) is 29.1 Å². The summed E-state index contributed by atoms with van der Waals surface area (Å²) in [5, 5.41) is 5.51. The molecule has 0 aliphatic heterocycles. The summed E-state index contributed by atoms with van der Waals surface area (Å²) < 4.78 is 12.6. The van der Waals surface area contributed by atoms with Crippen LogP contribution in [0.2, 0.25) is 5.02 Å². The monoisotopic (exact) mass is 337 g/mol. The van der Waals surface area contributed by atoms with Crippen LogP contribution in [0.1, 0.15) is 11.5 Å². The molecular formula is C15H16ClN3O2S. The molecule has 0 atom stereocenters. The van der Waals surface area contributed by atoms with Gasteiger partial charge in [0, 0.05) is 24.7 Å². The van der Waals surface area contributed by atoms with E-state index >= 15 is 0 Å². The van der Waals surface area contributed by atoms with Crippen LogP contribution in [0.15, 0.2) is 33.9 Å². The quantitative estimate of drug-likeness (QED) is 0.638. The van der Waals surface area contributed by atoms with E-state index in [2.05, 4.69) is 14.7 Å². The minimum atomic E-state index is 0.628. The van der Waals surface area contributed by atoms with Crippen molar-refractivity contribution in [2.75, 3.05) is 13.7 Å². The van der Waals surface area contributed by atoms with Crippen molar-refractivity contribution in [1.82, 2.24) is 14.7 Å². The molecule has 0 N–H and O–H groups in total. The predicted molar refractivity (Wildman–Crippen MR) is 87.4 cm³/mol. The fourth-order valence-corrected chi connectivity index (χ4v) is 3.29. The second-order valence-electron chi connectivity index (χ2n) is 4.90. The molecule has 22 heavy (non-hydrogen) atoms. The van der Waals surface area contributed by atoms with E-state index in [9.17, 15) is 0 Å². The molecule has 7 heteroatoms. The number of hydrogen-bond acceptors (Lipinski definition) is 5. The van der Waals surface area contributed by atoms with Gasteiger partial charge in [-0.05, 0) is 25.1 Å². The summed E-state index contributed by atoms with van der Waals surface area (Å²) in [6.07, 6.45) is 0. The Morgan fingerprint density at radius 2 is 2.23 bits per heavy atom. The Bertz CT molecular complexity index is 784. The number of halogens is 1. The topological polar surface area (TPSA) is 53.1 Å². The number of nitrogens with zero attached hydrogens (tertiary/aromatic N) is 3. The van der Waals surface area contributed by atoms with E-state index in [1.54, 1.807) is 18.9 Å². The van der Waals surface area contributed by atoms with Crippen molar-refractivity contribution in [1.29, 1.82) is 0 Å². The van der Waals surface area contributed by atoms with Crippen LogP contribution in [0.25, 0.3) is 11.0 Å². The Kier molecular flexibility index (Phi) is 4.71. The Balaban J connectivity index is 1.88. The van der Waals surface area contributed by atoms with Gasteiger partial charge in [0.15, 0.2) is 5.16 Å². The van der Waals surface area contributed by atoms with Gasteiger partial charge >= 0.3 is 0 Å². The average molecular weight is 338 g/mol. The van der Waals surface area contributed by atoms with Gasteiger partial charge in [0.2, 0.25) is 0 Å². The molecule has 0 fully saturated rings. The molecule has 0 unspecified atom stereocenters. The molecule has 0 aliphatic carbocycles. The molecule has 0 amide bonds. The fourth-order valence-electron chi connectivity index (χ4n) is 2.21. The third-order valence-electron chi connectivity index (χ3n) is 3.21. The summed E-state index contributed by atoms with van der Waals surface area (Å²) in [7, 11) is 1.69. The first-order valence-electron chi connectivity index (χ1n) is 6.87. The number of benzene rings is 1. The van der Waals surface area contributed by atoms with Gasteiger partial charge in [-0.15, -0.1) is 0 Å². The van der Waals surface area contributed by atoms with Crippen LogP contribution < -0.4 is 0 Å². The van der Waals surface area contributed by atoms with Crippen LogP contribution in [0.5, 0.6) is 0 Å². The highest BCUT2D eigenvalue weighted by molar-refractivity contribution is 7.98. The summed E-state index contributed by atoms with van der Waals surface area (Å²) in [6.45, 7) is 3.28. The lowest BCUT2D eigenvalue weighted by atomic mass is 10.3. The molecule has 0 radical (unpaired) electrons. The maximum Gasteiger partial charge on any atom is 0.169 e. The Morgan fingerprint density at radius 1 is 1.36 bits per heavy atom. The van der Waals surface area contributed by atoms with Crippen LogP contribution >= 0.6 is 23.4 Å². The van der Waals surface area contributed by atoms with Gasteiger partial charge in [-0.25, -0.2) is 4.98 Å². The first kappa shape index (κ1) is 15.4. The van der Waals surface area contributed by atoms with Gasteiger partial charge in [0.25, 0.3) is 0 Å². The molecule has 116 valence electrons. The number of ether oxygens (including phenoxy) is 1. The molecule has 2 heterocycles. The smallest absolute Gasteiger partial charge is 0.169 e. The van der Waals surface area contributed by atoms with Crippen LogP contribution in [0, 0.1) is 6.92 Å². The highest BCUT2D eigenvalue weighted by Gasteiger charge is 2.13. The zero-order chi connectivity index (χ0) is 15.5. The van der Waals surface area contributed by atoms with Crippen LogP contribution in [-0.2, 0) is 17.0 Å². The third kappa shape index (κ3) is 3.29. The first-order chi connectivity index (χ1) is 10.7. The lowest BCUT2D eigenvalue weighted by Gasteiger charge is -2.07. The zero-order valence-electron chi connectivity index (χ0n) is 12.4. The van der Waals surface area contributed by atoms with Gasteiger partial charge in [-0.3, -0.25) is 0 Å². The van der Waals surface area contributed by atoms with E-state index in [4.69, 9.17) is 20.9 Å². The highest BCUT2D eigenvalue weighted by Crippen LogP contribution is 2.28. The van der Waals surface area contributed by atoms with E-state index in [1.807, 2.05) is 31.2 Å². The molecule has 0 aliphatic rings. The molecule has 3 rings (SSSR count). The van der Waals surface area contributed by atoms with Crippen LogP contribution in [0.3, 0.4) is 0 Å². The van der Waals surface area contributed by atoms with E-state index in [-0.39, 0.29) is 0 Å². The molecule has 5 nitrogen and oxygen atoms in total. The number of fused-ring (bicyclic) bond motifs is 1. The minimum Gasteiger partial charge on any atom is -0.383 e. The zero-order valence-corrected chi connectivity index (χ0v) is 13.9. The molecule has 0 spiro atoms. The SMILES string of the molecule is COCCn1c(SCc2cc(C)no2)nc2cc(Cl)ccc21. The largest absolute Gasteiger partial charge is 0.383 e. The van der Waals surface area contributed by atoms with E-state index in [1.165, 1.54) is 0 Å². The van der Waals surface area contributed by atoms with Crippen molar-refractivity contribution in [3.63, 3.8) is 0 Å². The molecule has 3 aromatic rings. The molecular weight excluding hydrogens is 322 g/mol. The molecule has 1 aromatic carbocycles. The standard InChI is InChI=1S/C15H16ClN3O2S/c1-10-7-12(21-18-10)9-22-15-17-13-8-11(16)3-4-14(13)19(15)5-6-20-2/h3-4,7-8H,5-6,9H2,1-2H3. The number of aryl methyl sites for hydroxylation is 1. The second kappa shape index (κ2) is 6.73. The number of aromatic nitrogens is 3. The maximum absolute atomic E-state index is 6.06. The first-order valence-corrected chi connectivity index (χ1v) is 8.23. The Hall–Kier alpha value is -1.50. The van der Waals surface area contributed by atoms with Crippen LogP contribution in [-0.4, -0.2) is 28.4 Å². The molecule has 0 saturated carbocycles. The summed E-state index contributed by atoms with van der Waals surface area (Å²) >= 11 is 7.67. The normalized spacial score (nSPS) is 11.4. The van der Waals surface area contributed by atoms with E-state index < -0.39 is 0 Å². The van der Waals surface area contributed by atoms with Crippen molar-refractivity contribution < 1.29 is 9.26 Å². The number of thioether (sulfide) groups is 1. The van der Waals surface area contributed by atoms with Crippen molar-refractivity contribution in [2.45, 2.75) is 24.4 Å². The van der Waals surface area contributed by atoms with Crippen molar-refractivity contribution in [2.24, 2.45) is 0 Å².